The first-order valence-corrected chi connectivity index (χ1v) is 16.3. The van der Waals surface area contributed by atoms with Crippen molar-refractivity contribution < 1.29 is 27.4 Å². The molecule has 0 aliphatic carbocycles. The number of alkyl halides is 3. The summed E-state index contributed by atoms with van der Waals surface area (Å²) in [5.74, 6) is 1.35. The minimum atomic E-state index is -4.75. The molecule has 3 aromatic carbocycles. The SMILES string of the molecule is CCNCc1cc(OC(F)(F)F)ccc1-c1cn(CCCN)c2ccc(SN3CCN(Cc4cc(OC)cc(OC)c4)CC3)cc12. The molecule has 248 valence electrons. The molecule has 1 saturated heterocycles. The Morgan fingerprint density at radius 3 is 2.28 bits per heavy atom. The number of nitrogens with one attached hydrogen (secondary N) is 1. The molecule has 1 aliphatic rings. The Labute approximate surface area is 272 Å². The zero-order valence-electron chi connectivity index (χ0n) is 26.5. The lowest BCUT2D eigenvalue weighted by Crippen LogP contribution is -2.42. The second-order valence-electron chi connectivity index (χ2n) is 11.2. The van der Waals surface area contributed by atoms with Crippen molar-refractivity contribution in [2.24, 2.45) is 5.73 Å². The van der Waals surface area contributed by atoms with Crippen LogP contribution in [0.3, 0.4) is 0 Å². The number of rotatable bonds is 14. The van der Waals surface area contributed by atoms with Crippen LogP contribution in [0.1, 0.15) is 24.5 Å². The van der Waals surface area contributed by atoms with E-state index in [0.29, 0.717) is 19.6 Å². The number of ether oxygens (including phenoxy) is 3. The highest BCUT2D eigenvalue weighted by Crippen LogP contribution is 2.38. The molecule has 5 rings (SSSR count). The van der Waals surface area contributed by atoms with Gasteiger partial charge in [-0.05, 0) is 90.6 Å². The van der Waals surface area contributed by atoms with Crippen molar-refractivity contribution >= 4 is 22.9 Å². The van der Waals surface area contributed by atoms with Gasteiger partial charge in [0.2, 0.25) is 0 Å². The summed E-state index contributed by atoms with van der Waals surface area (Å²) in [5.41, 5.74) is 10.6. The predicted octanol–water partition coefficient (Wildman–Crippen LogP) is 6.51. The number of piperazine rings is 1. The number of aromatic nitrogens is 1. The van der Waals surface area contributed by atoms with Crippen LogP contribution in [0.4, 0.5) is 13.2 Å². The van der Waals surface area contributed by atoms with Gasteiger partial charge in [0, 0.05) is 79.4 Å². The van der Waals surface area contributed by atoms with Crippen molar-refractivity contribution in [2.75, 3.05) is 53.5 Å². The largest absolute Gasteiger partial charge is 0.573 e. The van der Waals surface area contributed by atoms with E-state index in [2.05, 4.69) is 60.4 Å². The van der Waals surface area contributed by atoms with Crippen LogP contribution in [0, 0.1) is 0 Å². The van der Waals surface area contributed by atoms with E-state index in [1.165, 1.54) is 12.1 Å². The molecule has 0 radical (unpaired) electrons. The fourth-order valence-electron chi connectivity index (χ4n) is 5.77. The van der Waals surface area contributed by atoms with Crippen LogP contribution in [0.2, 0.25) is 0 Å². The highest BCUT2D eigenvalue weighted by atomic mass is 32.2. The van der Waals surface area contributed by atoms with Gasteiger partial charge >= 0.3 is 6.36 Å². The van der Waals surface area contributed by atoms with Crippen molar-refractivity contribution in [3.05, 3.63) is 71.9 Å². The Hall–Kier alpha value is -3.42. The van der Waals surface area contributed by atoms with Gasteiger partial charge in [-0.2, -0.15) is 0 Å². The molecule has 0 saturated carbocycles. The molecular weight excluding hydrogens is 615 g/mol. The number of methoxy groups -OCH3 is 2. The summed E-state index contributed by atoms with van der Waals surface area (Å²) in [6.45, 7) is 8.86. The van der Waals surface area contributed by atoms with Gasteiger partial charge in [-0.3, -0.25) is 4.90 Å². The highest BCUT2D eigenvalue weighted by molar-refractivity contribution is 7.97. The van der Waals surface area contributed by atoms with E-state index in [1.54, 1.807) is 32.2 Å². The maximum atomic E-state index is 13.0. The topological polar surface area (TPSA) is 77.2 Å². The average molecular weight is 658 g/mol. The Kier molecular flexibility index (Phi) is 11.4. The third kappa shape index (κ3) is 8.68. The fourth-order valence-corrected chi connectivity index (χ4v) is 6.72. The van der Waals surface area contributed by atoms with Crippen LogP contribution in [-0.2, 0) is 19.6 Å². The molecule has 0 amide bonds. The minimum absolute atomic E-state index is 0.225. The normalized spacial score (nSPS) is 14.6. The summed E-state index contributed by atoms with van der Waals surface area (Å²) < 4.78 is 58.8. The van der Waals surface area contributed by atoms with Gasteiger partial charge in [0.1, 0.15) is 17.2 Å². The van der Waals surface area contributed by atoms with Crippen LogP contribution in [0.25, 0.3) is 22.0 Å². The molecule has 0 spiro atoms. The molecule has 46 heavy (non-hydrogen) atoms. The van der Waals surface area contributed by atoms with Crippen molar-refractivity contribution in [3.63, 3.8) is 0 Å². The number of fused-ring (bicyclic) bond motifs is 1. The molecule has 12 heteroatoms. The standard InChI is InChI=1S/C34H42F3N5O3S/c1-4-39-21-25-18-26(45-34(35,36)37)6-8-30(25)32-23-41(11-5-10-38)33-9-7-29(20-31(32)33)46-42-14-12-40(13-15-42)22-24-16-27(43-2)19-28(17-24)44-3/h6-9,16-20,23,39H,4-5,10-15,21-22,38H2,1-3H3. The van der Waals surface area contributed by atoms with Crippen LogP contribution in [0.15, 0.2) is 65.7 Å². The number of aryl methyl sites for hydroxylation is 1. The second-order valence-corrected chi connectivity index (χ2v) is 12.4. The molecule has 1 aliphatic heterocycles. The molecule has 1 fully saturated rings. The maximum Gasteiger partial charge on any atom is 0.573 e. The Balaban J connectivity index is 1.36. The summed E-state index contributed by atoms with van der Waals surface area (Å²) >= 11 is 1.74. The first-order chi connectivity index (χ1) is 22.2. The predicted molar refractivity (Wildman–Crippen MR) is 177 cm³/mol. The van der Waals surface area contributed by atoms with Crippen LogP contribution < -0.4 is 25.3 Å². The van der Waals surface area contributed by atoms with E-state index in [4.69, 9.17) is 15.2 Å². The van der Waals surface area contributed by atoms with Gasteiger partial charge in [-0.25, -0.2) is 4.31 Å². The van der Waals surface area contributed by atoms with E-state index >= 15 is 0 Å². The Morgan fingerprint density at radius 1 is 0.891 bits per heavy atom. The quantitative estimate of drug-likeness (QED) is 0.149. The number of nitrogens with zero attached hydrogens (tertiary/aromatic N) is 3. The summed E-state index contributed by atoms with van der Waals surface area (Å²) in [5, 5.41) is 4.31. The number of halogens is 3. The van der Waals surface area contributed by atoms with Gasteiger partial charge in [0.05, 0.1) is 14.2 Å². The third-order valence-electron chi connectivity index (χ3n) is 8.00. The van der Waals surface area contributed by atoms with Gasteiger partial charge in [-0.15, -0.1) is 13.2 Å². The molecule has 2 heterocycles. The third-order valence-corrected chi connectivity index (χ3v) is 9.09. The average Bonchev–Trinajstić information content (AvgIpc) is 3.40. The summed E-state index contributed by atoms with van der Waals surface area (Å²) in [7, 11) is 3.32. The van der Waals surface area contributed by atoms with Gasteiger partial charge < -0.3 is 29.8 Å². The van der Waals surface area contributed by atoms with Crippen LogP contribution in [-0.4, -0.2) is 73.6 Å². The van der Waals surface area contributed by atoms with Crippen LogP contribution >= 0.6 is 11.9 Å². The van der Waals surface area contributed by atoms with E-state index in [9.17, 15) is 13.2 Å². The fraction of sp³-hybridized carbons (Fsp3) is 0.412. The molecule has 0 unspecified atom stereocenters. The molecule has 8 nitrogen and oxygen atoms in total. The van der Waals surface area contributed by atoms with E-state index in [0.717, 1.165) is 95.2 Å². The Morgan fingerprint density at radius 2 is 1.63 bits per heavy atom. The zero-order chi connectivity index (χ0) is 32.7. The first kappa shape index (κ1) is 33.9. The van der Waals surface area contributed by atoms with Gasteiger partial charge in [-0.1, -0.05) is 13.0 Å². The van der Waals surface area contributed by atoms with E-state index < -0.39 is 6.36 Å². The van der Waals surface area contributed by atoms with E-state index in [-0.39, 0.29) is 5.75 Å². The Bertz CT molecular complexity index is 1580. The van der Waals surface area contributed by atoms with Crippen LogP contribution in [0.5, 0.6) is 17.2 Å². The van der Waals surface area contributed by atoms with E-state index in [1.807, 2.05) is 13.0 Å². The lowest BCUT2D eigenvalue weighted by Gasteiger charge is -2.34. The number of nitrogens with two attached hydrogens (primary N) is 1. The lowest BCUT2D eigenvalue weighted by molar-refractivity contribution is -0.274. The molecule has 1 aromatic heterocycles. The summed E-state index contributed by atoms with van der Waals surface area (Å²) in [4.78, 5) is 3.55. The summed E-state index contributed by atoms with van der Waals surface area (Å²) in [6.07, 6.45) is -1.85. The zero-order valence-corrected chi connectivity index (χ0v) is 27.3. The maximum absolute atomic E-state index is 13.0. The molecule has 0 atom stereocenters. The van der Waals surface area contributed by atoms with Gasteiger partial charge in [0.25, 0.3) is 0 Å². The number of benzene rings is 3. The van der Waals surface area contributed by atoms with Crippen molar-refractivity contribution in [2.45, 2.75) is 44.2 Å². The number of hydrogen-bond donors (Lipinski definition) is 2. The smallest absolute Gasteiger partial charge is 0.497 e. The van der Waals surface area contributed by atoms with Gasteiger partial charge in [0.15, 0.2) is 0 Å². The molecule has 3 N–H and O–H groups in total. The van der Waals surface area contributed by atoms with Crippen molar-refractivity contribution in [3.8, 4) is 28.4 Å². The first-order valence-electron chi connectivity index (χ1n) is 15.5. The molecule has 0 bridgehead atoms. The van der Waals surface area contributed by atoms with Crippen molar-refractivity contribution in [1.82, 2.24) is 19.1 Å². The number of hydrogen-bond acceptors (Lipinski definition) is 8. The molecular formula is C34H42F3N5O3S. The lowest BCUT2D eigenvalue weighted by atomic mass is 9.98. The second kappa shape index (κ2) is 15.4. The monoisotopic (exact) mass is 657 g/mol. The minimum Gasteiger partial charge on any atom is -0.497 e. The van der Waals surface area contributed by atoms with Crippen molar-refractivity contribution in [1.29, 1.82) is 0 Å². The highest BCUT2D eigenvalue weighted by Gasteiger charge is 2.31. The summed E-state index contributed by atoms with van der Waals surface area (Å²) in [6, 6.07) is 17.1. The molecule has 4 aromatic rings.